The maximum Gasteiger partial charge on any atom is 0.241 e. The van der Waals surface area contributed by atoms with Crippen LogP contribution in [0, 0.1) is 0 Å². The predicted molar refractivity (Wildman–Crippen MR) is 98.8 cm³/mol. The first-order valence-corrected chi connectivity index (χ1v) is 9.57. The van der Waals surface area contributed by atoms with Crippen LogP contribution in [-0.2, 0) is 26.0 Å². The number of likely N-dealkylation sites (N-methyl/N-ethyl adjacent to an activating group) is 1. The quantitative estimate of drug-likeness (QED) is 0.809. The number of carbonyl (C=O) groups is 2. The third kappa shape index (κ3) is 3.72. The fourth-order valence-corrected chi connectivity index (χ4v) is 3.83. The molecule has 0 unspecified atom stereocenters. The van der Waals surface area contributed by atoms with E-state index >= 15 is 0 Å². The molecule has 26 heavy (non-hydrogen) atoms. The molecule has 1 heterocycles. The molecule has 0 aliphatic carbocycles. The van der Waals surface area contributed by atoms with E-state index in [1.807, 2.05) is 0 Å². The van der Waals surface area contributed by atoms with Gasteiger partial charge in [0.25, 0.3) is 0 Å². The molecular weight excluding hydrogens is 378 g/mol. The number of benzene rings is 2. The Bertz CT molecular complexity index is 991. The zero-order valence-corrected chi connectivity index (χ0v) is 15.4. The monoisotopic (exact) mass is 393 g/mol. The minimum Gasteiger partial charge on any atom is -0.324 e. The summed E-state index contributed by atoms with van der Waals surface area (Å²) in [6.07, 6.45) is 0.155. The Kier molecular flexibility index (Phi) is 4.99. The highest BCUT2D eigenvalue weighted by atomic mass is 35.5. The number of rotatable bonds is 5. The van der Waals surface area contributed by atoms with E-state index in [2.05, 4.69) is 10.0 Å². The van der Waals surface area contributed by atoms with Crippen molar-refractivity contribution in [3.05, 3.63) is 53.1 Å². The molecule has 2 amide bonds. The van der Waals surface area contributed by atoms with Gasteiger partial charge in [0.05, 0.1) is 28.6 Å². The standard InChI is InChI=1S/C17H16ClN3O4S/c1-21-15-7-6-12(8-11(15)9-17(21)23)26(24,25)19-10-16(22)20-14-5-3-2-4-13(14)18/h2-8,19H,9-10H2,1H3,(H,20,22). The lowest BCUT2D eigenvalue weighted by Crippen LogP contribution is -2.33. The maximum absolute atomic E-state index is 12.4. The number of anilines is 2. The second-order valence-electron chi connectivity index (χ2n) is 5.77. The fourth-order valence-electron chi connectivity index (χ4n) is 2.61. The van der Waals surface area contributed by atoms with Gasteiger partial charge in [0.1, 0.15) is 0 Å². The van der Waals surface area contributed by atoms with Gasteiger partial charge in [0.2, 0.25) is 21.8 Å². The van der Waals surface area contributed by atoms with E-state index in [0.717, 1.165) is 0 Å². The summed E-state index contributed by atoms with van der Waals surface area (Å²) in [5.41, 5.74) is 1.73. The number of carbonyl (C=O) groups excluding carboxylic acids is 2. The van der Waals surface area contributed by atoms with Gasteiger partial charge in [-0.05, 0) is 35.9 Å². The van der Waals surface area contributed by atoms with Crippen LogP contribution < -0.4 is 14.9 Å². The van der Waals surface area contributed by atoms with Crippen molar-refractivity contribution in [1.29, 1.82) is 0 Å². The molecule has 0 radical (unpaired) electrons. The predicted octanol–water partition coefficient (Wildman–Crippen LogP) is 1.78. The summed E-state index contributed by atoms with van der Waals surface area (Å²) in [7, 11) is -2.25. The Morgan fingerprint density at radius 1 is 1.23 bits per heavy atom. The molecule has 2 aromatic rings. The number of nitrogens with one attached hydrogen (secondary N) is 2. The van der Waals surface area contributed by atoms with Crippen molar-refractivity contribution in [3.8, 4) is 0 Å². The average molecular weight is 394 g/mol. The Labute approximate surface area is 156 Å². The van der Waals surface area contributed by atoms with Crippen molar-refractivity contribution in [3.63, 3.8) is 0 Å². The van der Waals surface area contributed by atoms with Gasteiger partial charge in [-0.1, -0.05) is 23.7 Å². The van der Waals surface area contributed by atoms with E-state index in [0.29, 0.717) is 22.0 Å². The van der Waals surface area contributed by atoms with Gasteiger partial charge in [-0.25, -0.2) is 13.1 Å². The Hall–Kier alpha value is -2.42. The summed E-state index contributed by atoms with van der Waals surface area (Å²) in [5.74, 6) is -0.639. The molecule has 0 saturated heterocycles. The van der Waals surface area contributed by atoms with Gasteiger partial charge in [0.15, 0.2) is 0 Å². The van der Waals surface area contributed by atoms with Crippen LogP contribution in [0.1, 0.15) is 5.56 Å². The molecule has 1 aliphatic rings. The zero-order valence-electron chi connectivity index (χ0n) is 13.8. The lowest BCUT2D eigenvalue weighted by molar-refractivity contribution is -0.117. The van der Waals surface area contributed by atoms with Crippen LogP contribution in [0.5, 0.6) is 0 Å². The van der Waals surface area contributed by atoms with E-state index in [1.165, 1.54) is 17.0 Å². The summed E-state index contributed by atoms with van der Waals surface area (Å²) < 4.78 is 27.1. The van der Waals surface area contributed by atoms with E-state index < -0.39 is 22.5 Å². The number of para-hydroxylation sites is 1. The summed E-state index contributed by atoms with van der Waals surface area (Å²) in [5, 5.41) is 2.90. The SMILES string of the molecule is CN1C(=O)Cc2cc(S(=O)(=O)NCC(=O)Nc3ccccc3Cl)ccc21. The van der Waals surface area contributed by atoms with Crippen LogP contribution in [-0.4, -0.2) is 33.8 Å². The van der Waals surface area contributed by atoms with Crippen molar-refractivity contribution < 1.29 is 18.0 Å². The average Bonchev–Trinajstić information content (AvgIpc) is 2.89. The fraction of sp³-hybridized carbons (Fsp3) is 0.176. The largest absolute Gasteiger partial charge is 0.324 e. The molecule has 2 aromatic carbocycles. The van der Waals surface area contributed by atoms with Crippen LogP contribution in [0.25, 0.3) is 0 Å². The molecule has 0 saturated carbocycles. The highest BCUT2D eigenvalue weighted by molar-refractivity contribution is 7.89. The molecule has 0 aromatic heterocycles. The molecule has 0 fully saturated rings. The molecule has 1 aliphatic heterocycles. The van der Waals surface area contributed by atoms with E-state index in [9.17, 15) is 18.0 Å². The third-order valence-corrected chi connectivity index (χ3v) is 5.74. The first kappa shape index (κ1) is 18.4. The molecule has 0 spiro atoms. The Balaban J connectivity index is 1.68. The van der Waals surface area contributed by atoms with E-state index in [1.54, 1.807) is 37.4 Å². The van der Waals surface area contributed by atoms with Crippen molar-refractivity contribution >= 4 is 44.8 Å². The highest BCUT2D eigenvalue weighted by Gasteiger charge is 2.26. The first-order valence-electron chi connectivity index (χ1n) is 7.71. The lowest BCUT2D eigenvalue weighted by Gasteiger charge is -2.11. The number of sulfonamides is 1. The van der Waals surface area contributed by atoms with Gasteiger partial charge < -0.3 is 10.2 Å². The topological polar surface area (TPSA) is 95.6 Å². The van der Waals surface area contributed by atoms with Gasteiger partial charge in [-0.2, -0.15) is 0 Å². The van der Waals surface area contributed by atoms with Crippen LogP contribution in [0.2, 0.25) is 5.02 Å². The number of fused-ring (bicyclic) bond motifs is 1. The first-order chi connectivity index (χ1) is 12.3. The molecule has 0 bridgehead atoms. The summed E-state index contributed by atoms with van der Waals surface area (Å²) >= 11 is 5.95. The molecule has 0 atom stereocenters. The van der Waals surface area contributed by atoms with Gasteiger partial charge in [-0.3, -0.25) is 9.59 Å². The lowest BCUT2D eigenvalue weighted by atomic mass is 10.2. The third-order valence-electron chi connectivity index (χ3n) is 4.01. The molecular formula is C17H16ClN3O4S. The van der Waals surface area contributed by atoms with Crippen molar-refractivity contribution in [2.24, 2.45) is 0 Å². The Morgan fingerprint density at radius 3 is 2.69 bits per heavy atom. The smallest absolute Gasteiger partial charge is 0.241 e. The second-order valence-corrected chi connectivity index (χ2v) is 7.95. The number of amides is 2. The van der Waals surface area contributed by atoms with Gasteiger partial charge in [0, 0.05) is 12.7 Å². The van der Waals surface area contributed by atoms with E-state index in [4.69, 9.17) is 11.6 Å². The molecule has 3 rings (SSSR count). The van der Waals surface area contributed by atoms with Crippen molar-refractivity contribution in [2.45, 2.75) is 11.3 Å². The molecule has 2 N–H and O–H groups in total. The minimum atomic E-state index is -3.89. The van der Waals surface area contributed by atoms with Crippen LogP contribution in [0.15, 0.2) is 47.4 Å². The maximum atomic E-state index is 12.4. The van der Waals surface area contributed by atoms with Gasteiger partial charge >= 0.3 is 0 Å². The Morgan fingerprint density at radius 2 is 1.96 bits per heavy atom. The van der Waals surface area contributed by atoms with Crippen LogP contribution in [0.3, 0.4) is 0 Å². The molecule has 7 nitrogen and oxygen atoms in total. The summed E-state index contributed by atoms with van der Waals surface area (Å²) in [6, 6.07) is 11.1. The minimum absolute atomic E-state index is 0.00453. The second kappa shape index (κ2) is 7.06. The van der Waals surface area contributed by atoms with Gasteiger partial charge in [-0.15, -0.1) is 0 Å². The summed E-state index contributed by atoms with van der Waals surface area (Å²) in [4.78, 5) is 25.2. The van der Waals surface area contributed by atoms with Crippen molar-refractivity contribution in [2.75, 3.05) is 23.8 Å². The zero-order chi connectivity index (χ0) is 18.9. The number of hydrogen-bond donors (Lipinski definition) is 2. The van der Waals surface area contributed by atoms with Crippen molar-refractivity contribution in [1.82, 2.24) is 4.72 Å². The number of halogens is 1. The number of nitrogens with zero attached hydrogens (tertiary/aromatic N) is 1. The number of hydrogen-bond acceptors (Lipinski definition) is 4. The summed E-state index contributed by atoms with van der Waals surface area (Å²) in [6.45, 7) is -0.441. The normalized spacial score (nSPS) is 13.6. The van der Waals surface area contributed by atoms with Crippen LogP contribution >= 0.6 is 11.6 Å². The van der Waals surface area contributed by atoms with E-state index in [-0.39, 0.29) is 17.2 Å². The highest BCUT2D eigenvalue weighted by Crippen LogP contribution is 2.29. The molecule has 136 valence electrons. The van der Waals surface area contributed by atoms with Crippen LogP contribution in [0.4, 0.5) is 11.4 Å². The molecule has 9 heteroatoms.